The molecule has 0 aromatic heterocycles. The summed E-state index contributed by atoms with van der Waals surface area (Å²) in [6.45, 7) is 13.2. The average Bonchev–Trinajstić information content (AvgIpc) is 3.32. The van der Waals surface area contributed by atoms with Crippen molar-refractivity contribution in [1.29, 1.82) is 0 Å². The van der Waals surface area contributed by atoms with Gasteiger partial charge in [-0.25, -0.2) is 23.5 Å². The van der Waals surface area contributed by atoms with Crippen molar-refractivity contribution in [1.82, 2.24) is 10.7 Å². The van der Waals surface area contributed by atoms with Crippen molar-refractivity contribution >= 4 is 28.8 Å². The highest BCUT2D eigenvalue weighted by Gasteiger charge is 2.68. The Kier molecular flexibility index (Phi) is 16.0. The third-order valence-electron chi connectivity index (χ3n) is 10.7. The molecule has 2 bridgehead atoms. The smallest absolute Gasteiger partial charge is 0.404 e. The predicted molar refractivity (Wildman–Crippen MR) is 189 cm³/mol. The van der Waals surface area contributed by atoms with Crippen LogP contribution in [0.3, 0.4) is 0 Å². The first-order chi connectivity index (χ1) is 21.6. The summed E-state index contributed by atoms with van der Waals surface area (Å²) in [5.41, 5.74) is 7.10. The van der Waals surface area contributed by atoms with Gasteiger partial charge in [0.25, 0.3) is 5.96 Å². The largest absolute Gasteiger partial charge is 0.481 e. The number of sulfone groups is 1. The molecule has 0 unspecified atom stereocenters. The molecule has 47 heavy (non-hydrogen) atoms. The van der Waals surface area contributed by atoms with Crippen LogP contribution in [0.2, 0.25) is 0 Å². The van der Waals surface area contributed by atoms with Gasteiger partial charge in [-0.1, -0.05) is 92.4 Å². The molecule has 1 saturated heterocycles. The molecular formula is C33H64BN5O7S. The molecule has 0 spiro atoms. The number of hydrazine groups is 1. The van der Waals surface area contributed by atoms with Crippen LogP contribution >= 0.6 is 0 Å². The standard InChI is InChI=1S/C32H60BN5O7S.CH4/c1-7-8-9-10-11-12-13-14-18-46(42,43)22-24(16-15-17-35-30(34)37-38(40)41)29(39)36-28(19-23(2)3)33-44-27-21-25-20-26(31(25,4)5)32(27,6)45-33;/h23-28H,7-22H2,1-6H3,(H,36,39)(H3,34,35,37);1H4/t24-,25+,26+,27-,28+,32+;/m1./s1. The Bertz CT molecular complexity index is 1150. The number of guanidine groups is 1. The molecule has 1 amide bonds. The van der Waals surface area contributed by atoms with Crippen molar-refractivity contribution < 1.29 is 27.6 Å². The van der Waals surface area contributed by atoms with Crippen molar-refractivity contribution in [3.05, 3.63) is 10.1 Å². The maximum Gasteiger partial charge on any atom is 0.481 e. The van der Waals surface area contributed by atoms with Crippen LogP contribution in [0.5, 0.6) is 0 Å². The van der Waals surface area contributed by atoms with Crippen LogP contribution in [0.1, 0.15) is 132 Å². The number of nitrogens with zero attached hydrogens (tertiary/aromatic N) is 2. The lowest BCUT2D eigenvalue weighted by Gasteiger charge is -2.64. The maximum absolute atomic E-state index is 13.9. The Morgan fingerprint density at radius 2 is 1.72 bits per heavy atom. The van der Waals surface area contributed by atoms with E-state index >= 15 is 0 Å². The zero-order valence-corrected chi connectivity index (χ0v) is 29.9. The number of aliphatic imine (C=N–C) groups is 1. The Hall–Kier alpha value is -1.93. The van der Waals surface area contributed by atoms with Crippen molar-refractivity contribution in [3.8, 4) is 0 Å². The van der Waals surface area contributed by atoms with E-state index in [-0.39, 0.29) is 61.2 Å². The number of carbonyl (C=O) groups excluding carboxylic acids is 1. The van der Waals surface area contributed by atoms with E-state index in [0.29, 0.717) is 31.1 Å². The molecule has 4 N–H and O–H groups in total. The zero-order valence-electron chi connectivity index (χ0n) is 29.1. The second kappa shape index (κ2) is 18.2. The molecule has 3 saturated carbocycles. The first-order valence-electron chi connectivity index (χ1n) is 17.6. The number of hydrogen-bond acceptors (Lipinski definition) is 8. The third-order valence-corrected chi connectivity index (χ3v) is 12.5. The highest BCUT2D eigenvalue weighted by molar-refractivity contribution is 7.91. The van der Waals surface area contributed by atoms with Crippen LogP contribution in [-0.4, -0.2) is 68.1 Å². The summed E-state index contributed by atoms with van der Waals surface area (Å²) >= 11 is 0. The number of nitrogens with one attached hydrogen (secondary N) is 2. The van der Waals surface area contributed by atoms with Crippen molar-refractivity contribution in [3.63, 3.8) is 0 Å². The van der Waals surface area contributed by atoms with E-state index in [4.69, 9.17) is 15.0 Å². The molecule has 4 rings (SSSR count). The van der Waals surface area contributed by atoms with Gasteiger partial charge in [0, 0.05) is 6.54 Å². The average molecular weight is 686 g/mol. The first kappa shape index (κ1) is 41.2. The highest BCUT2D eigenvalue weighted by Crippen LogP contribution is 2.65. The molecular weight excluding hydrogens is 621 g/mol. The van der Waals surface area contributed by atoms with Crippen LogP contribution in [0.4, 0.5) is 0 Å². The SMILES string of the molecule is C.CCCCCCCCCCS(=O)(=O)C[C@@H](CCCN=C(N)N[N+](=O)[O-])C(=O)N[C@@H](CC(C)C)B1O[C@@H]2C[C@@H]3C[C@@H](C3(C)C)[C@]2(C)O1. The minimum atomic E-state index is -3.50. The van der Waals surface area contributed by atoms with Gasteiger partial charge in [-0.15, -0.1) is 0 Å². The number of rotatable bonds is 21. The number of amides is 1. The topological polar surface area (TPSA) is 175 Å². The second-order valence-electron chi connectivity index (χ2n) is 15.1. The minimum Gasteiger partial charge on any atom is -0.404 e. The van der Waals surface area contributed by atoms with E-state index in [0.717, 1.165) is 32.1 Å². The number of nitro groups is 1. The summed E-state index contributed by atoms with van der Waals surface area (Å²) < 4.78 is 39.7. The fourth-order valence-corrected chi connectivity index (χ4v) is 9.66. The summed E-state index contributed by atoms with van der Waals surface area (Å²) in [5.74, 6) is -0.897. The Labute approximate surface area is 284 Å². The third kappa shape index (κ3) is 11.6. The van der Waals surface area contributed by atoms with Crippen LogP contribution in [0.15, 0.2) is 4.99 Å². The summed E-state index contributed by atoms with van der Waals surface area (Å²) in [4.78, 5) is 28.4. The Morgan fingerprint density at radius 1 is 1.09 bits per heavy atom. The molecule has 0 radical (unpaired) electrons. The van der Waals surface area contributed by atoms with Crippen molar-refractivity contribution in [2.45, 2.75) is 150 Å². The summed E-state index contributed by atoms with van der Waals surface area (Å²) in [5, 5.41) is 13.0. The molecule has 3 aliphatic carbocycles. The molecule has 1 heterocycles. The van der Waals surface area contributed by atoms with Gasteiger partial charge >= 0.3 is 7.12 Å². The number of nitrogens with two attached hydrogens (primary N) is 1. The lowest BCUT2D eigenvalue weighted by atomic mass is 9.43. The van der Waals surface area contributed by atoms with Gasteiger partial charge in [-0.2, -0.15) is 0 Å². The van der Waals surface area contributed by atoms with E-state index < -0.39 is 39.4 Å². The van der Waals surface area contributed by atoms with Gasteiger partial charge in [0.15, 0.2) is 14.9 Å². The van der Waals surface area contributed by atoms with Gasteiger partial charge in [-0.3, -0.25) is 4.79 Å². The van der Waals surface area contributed by atoms with Crippen LogP contribution < -0.4 is 16.5 Å². The number of hydrogen-bond donors (Lipinski definition) is 3. The Balaban J connectivity index is 0.00000768. The summed E-state index contributed by atoms with van der Waals surface area (Å²) in [6, 6.07) is 0. The molecule has 272 valence electrons. The predicted octanol–water partition coefficient (Wildman–Crippen LogP) is 5.47. The van der Waals surface area contributed by atoms with E-state index in [2.05, 4.69) is 51.9 Å². The van der Waals surface area contributed by atoms with Gasteiger partial charge in [0.1, 0.15) is 0 Å². The molecule has 6 atom stereocenters. The zero-order chi connectivity index (χ0) is 34.1. The maximum atomic E-state index is 13.9. The molecule has 14 heteroatoms. The van der Waals surface area contributed by atoms with Gasteiger partial charge in [-0.05, 0) is 68.6 Å². The van der Waals surface area contributed by atoms with E-state index in [9.17, 15) is 23.3 Å². The highest BCUT2D eigenvalue weighted by atomic mass is 32.2. The first-order valence-corrected chi connectivity index (χ1v) is 19.5. The van der Waals surface area contributed by atoms with Crippen molar-refractivity contribution in [2.75, 3.05) is 18.1 Å². The van der Waals surface area contributed by atoms with E-state index in [1.54, 1.807) is 5.43 Å². The molecule has 4 aliphatic rings. The second-order valence-corrected chi connectivity index (χ2v) is 17.4. The quantitative estimate of drug-likeness (QED) is 0.0353. The fourth-order valence-electron chi connectivity index (χ4n) is 7.92. The molecule has 4 fully saturated rings. The van der Waals surface area contributed by atoms with Crippen LogP contribution in [0, 0.1) is 39.2 Å². The van der Waals surface area contributed by atoms with Gasteiger partial charge < -0.3 is 20.4 Å². The van der Waals surface area contributed by atoms with Crippen LogP contribution in [-0.2, 0) is 23.9 Å². The Morgan fingerprint density at radius 3 is 2.32 bits per heavy atom. The molecule has 0 aromatic rings. The minimum absolute atomic E-state index is 0. The molecule has 1 aliphatic heterocycles. The summed E-state index contributed by atoms with van der Waals surface area (Å²) in [7, 11) is -4.11. The van der Waals surface area contributed by atoms with Gasteiger partial charge in [0.05, 0.1) is 35.1 Å². The summed E-state index contributed by atoms with van der Waals surface area (Å²) in [6.07, 6.45) is 11.6. The number of carbonyl (C=O) groups is 1. The van der Waals surface area contributed by atoms with Crippen molar-refractivity contribution in [2.24, 2.45) is 39.8 Å². The lowest BCUT2D eigenvalue weighted by Crippen LogP contribution is -2.65. The van der Waals surface area contributed by atoms with E-state index in [1.165, 1.54) is 25.7 Å². The number of unbranched alkanes of at least 4 members (excludes halogenated alkanes) is 7. The normalized spacial score (nSPS) is 26.1. The van der Waals surface area contributed by atoms with Gasteiger partial charge in [0.2, 0.25) is 5.91 Å². The lowest BCUT2D eigenvalue weighted by molar-refractivity contribution is -0.525. The van der Waals surface area contributed by atoms with E-state index in [1.807, 2.05) is 0 Å². The van der Waals surface area contributed by atoms with Crippen LogP contribution in [0.25, 0.3) is 0 Å². The molecule has 12 nitrogen and oxygen atoms in total. The molecule has 0 aromatic carbocycles. The fraction of sp³-hybridized carbons (Fsp3) is 0.939. The monoisotopic (exact) mass is 685 g/mol.